The molecule has 192 valence electrons. The summed E-state index contributed by atoms with van der Waals surface area (Å²) >= 11 is 6.06. The molecule has 0 aliphatic carbocycles. The number of amides is 2. The van der Waals surface area contributed by atoms with Crippen LogP contribution < -0.4 is 4.90 Å². The summed E-state index contributed by atoms with van der Waals surface area (Å²) in [7, 11) is 0. The molecule has 2 fully saturated rings. The summed E-state index contributed by atoms with van der Waals surface area (Å²) in [4.78, 5) is 44.7. The van der Waals surface area contributed by atoms with E-state index in [-0.39, 0.29) is 38.1 Å². The predicted molar refractivity (Wildman–Crippen MR) is 133 cm³/mol. The number of rotatable bonds is 4. The van der Waals surface area contributed by atoms with Gasteiger partial charge in [0.15, 0.2) is 0 Å². The number of fused-ring (bicyclic) bond motifs is 2. The van der Waals surface area contributed by atoms with Crippen molar-refractivity contribution in [3.63, 3.8) is 0 Å². The van der Waals surface area contributed by atoms with Crippen LogP contribution in [0.25, 0.3) is 0 Å². The van der Waals surface area contributed by atoms with E-state index in [1.807, 2.05) is 18.2 Å². The first kappa shape index (κ1) is 25.0. The highest BCUT2D eigenvalue weighted by atomic mass is 35.5. The highest BCUT2D eigenvalue weighted by Crippen LogP contribution is 2.57. The van der Waals surface area contributed by atoms with E-state index >= 15 is 0 Å². The highest BCUT2D eigenvalue weighted by molar-refractivity contribution is 6.30. The van der Waals surface area contributed by atoms with Gasteiger partial charge in [0.05, 0.1) is 18.1 Å². The second kappa shape index (κ2) is 9.65. The summed E-state index contributed by atoms with van der Waals surface area (Å²) in [6.45, 7) is 2.39. The van der Waals surface area contributed by atoms with Crippen LogP contribution in [-0.4, -0.2) is 71.3 Å². The van der Waals surface area contributed by atoms with Crippen LogP contribution in [0.2, 0.25) is 5.02 Å². The van der Waals surface area contributed by atoms with Gasteiger partial charge < -0.3 is 24.4 Å². The standard InChI is InChI=1S/C27H31ClN2O6/c1-26-12-4-2-3-5-17-35-25(34)21(26)20-23(32)30(15-7-16-31)22-24(33)29(14-6-13-27(20,22)36-26)19-10-8-18(28)9-11-19/h4,6,8-13,20-22,31H,2-3,5,7,14-17H2,1H3/b12-4-/t20-,21+,22?,26-,27-/m0/s1. The Morgan fingerprint density at radius 1 is 1.06 bits per heavy atom. The van der Waals surface area contributed by atoms with Crippen molar-refractivity contribution in [1.82, 2.24) is 4.90 Å². The van der Waals surface area contributed by atoms with Crippen molar-refractivity contribution >= 4 is 35.1 Å². The summed E-state index contributed by atoms with van der Waals surface area (Å²) in [6.07, 6.45) is 10.2. The minimum atomic E-state index is -1.35. The maximum absolute atomic E-state index is 14.2. The molecule has 1 aromatic carbocycles. The summed E-state index contributed by atoms with van der Waals surface area (Å²) < 4.78 is 12.3. The number of hydrogen-bond acceptors (Lipinski definition) is 6. The number of aliphatic hydroxyl groups is 1. The van der Waals surface area contributed by atoms with Crippen molar-refractivity contribution in [2.45, 2.75) is 49.9 Å². The maximum Gasteiger partial charge on any atom is 0.313 e. The second-order valence-electron chi connectivity index (χ2n) is 10.00. The van der Waals surface area contributed by atoms with E-state index in [1.165, 1.54) is 4.90 Å². The van der Waals surface area contributed by atoms with Gasteiger partial charge >= 0.3 is 5.97 Å². The topological polar surface area (TPSA) is 96.4 Å². The number of hydrogen-bond donors (Lipinski definition) is 1. The fourth-order valence-electron chi connectivity index (χ4n) is 6.13. The second-order valence-corrected chi connectivity index (χ2v) is 10.4. The molecule has 5 atom stereocenters. The van der Waals surface area contributed by atoms with Crippen LogP contribution in [0.15, 0.2) is 48.6 Å². The molecule has 1 spiro atoms. The van der Waals surface area contributed by atoms with Crippen LogP contribution in [0.5, 0.6) is 0 Å². The summed E-state index contributed by atoms with van der Waals surface area (Å²) in [6, 6.07) is 5.95. The molecule has 1 unspecified atom stereocenters. The Hall–Kier alpha value is -2.68. The van der Waals surface area contributed by atoms with Crippen LogP contribution in [0.1, 0.15) is 32.6 Å². The first-order chi connectivity index (χ1) is 17.3. The molecule has 9 heteroatoms. The highest BCUT2D eigenvalue weighted by Gasteiger charge is 2.74. The maximum atomic E-state index is 14.2. The molecule has 2 amide bonds. The lowest BCUT2D eigenvalue weighted by atomic mass is 9.74. The van der Waals surface area contributed by atoms with Crippen molar-refractivity contribution in [3.05, 3.63) is 53.6 Å². The van der Waals surface area contributed by atoms with Crippen molar-refractivity contribution in [2.24, 2.45) is 11.8 Å². The number of cyclic esters (lactones) is 1. The number of esters is 1. The van der Waals surface area contributed by atoms with Gasteiger partial charge in [-0.15, -0.1) is 0 Å². The fraction of sp³-hybridized carbons (Fsp3) is 0.519. The number of carbonyl (C=O) groups is 3. The summed E-state index contributed by atoms with van der Waals surface area (Å²) in [5, 5.41) is 10.1. The summed E-state index contributed by atoms with van der Waals surface area (Å²) in [5.41, 5.74) is -1.82. The van der Waals surface area contributed by atoms with E-state index in [1.54, 1.807) is 42.2 Å². The predicted octanol–water partition coefficient (Wildman–Crippen LogP) is 2.88. The zero-order valence-corrected chi connectivity index (χ0v) is 21.0. The average molecular weight is 515 g/mol. The monoisotopic (exact) mass is 514 g/mol. The molecule has 36 heavy (non-hydrogen) atoms. The molecule has 1 aromatic rings. The lowest BCUT2D eigenvalue weighted by molar-refractivity contribution is -0.158. The molecule has 4 aliphatic rings. The Morgan fingerprint density at radius 2 is 1.83 bits per heavy atom. The van der Waals surface area contributed by atoms with E-state index in [2.05, 4.69) is 0 Å². The molecular formula is C27H31ClN2O6. The van der Waals surface area contributed by atoms with Crippen molar-refractivity contribution in [3.8, 4) is 0 Å². The largest absolute Gasteiger partial charge is 0.465 e. The molecule has 5 rings (SSSR count). The number of anilines is 1. The lowest BCUT2D eigenvalue weighted by Gasteiger charge is -2.37. The van der Waals surface area contributed by atoms with E-state index in [9.17, 15) is 19.5 Å². The van der Waals surface area contributed by atoms with Crippen LogP contribution in [0.4, 0.5) is 5.69 Å². The zero-order chi connectivity index (χ0) is 25.5. The van der Waals surface area contributed by atoms with Gasteiger partial charge in [0.1, 0.15) is 17.6 Å². The van der Waals surface area contributed by atoms with E-state index in [0.29, 0.717) is 17.1 Å². The third-order valence-electron chi connectivity index (χ3n) is 7.70. The first-order valence-electron chi connectivity index (χ1n) is 12.5. The molecule has 4 heterocycles. The molecule has 4 aliphatic heterocycles. The van der Waals surface area contributed by atoms with E-state index in [0.717, 1.165) is 19.3 Å². The zero-order valence-electron chi connectivity index (χ0n) is 20.3. The number of aliphatic hydroxyl groups excluding tert-OH is 1. The van der Waals surface area contributed by atoms with Gasteiger partial charge in [-0.25, -0.2) is 0 Å². The van der Waals surface area contributed by atoms with E-state index in [4.69, 9.17) is 21.1 Å². The molecular weight excluding hydrogens is 484 g/mol. The molecule has 8 nitrogen and oxygen atoms in total. The van der Waals surface area contributed by atoms with Gasteiger partial charge in [-0.3, -0.25) is 14.4 Å². The van der Waals surface area contributed by atoms with Gasteiger partial charge in [0.25, 0.3) is 5.91 Å². The smallest absolute Gasteiger partial charge is 0.313 e. The number of likely N-dealkylation sites (tertiary alicyclic amines) is 1. The molecule has 0 aromatic heterocycles. The number of benzene rings is 1. The molecule has 0 saturated carbocycles. The van der Waals surface area contributed by atoms with Crippen molar-refractivity contribution in [2.75, 3.05) is 31.2 Å². The van der Waals surface area contributed by atoms with E-state index < -0.39 is 35.0 Å². The quantitative estimate of drug-likeness (QED) is 0.490. The van der Waals surface area contributed by atoms with Crippen LogP contribution in [0.3, 0.4) is 0 Å². The Balaban J connectivity index is 1.62. The van der Waals surface area contributed by atoms with Gasteiger partial charge in [0, 0.05) is 30.4 Å². The van der Waals surface area contributed by atoms with Gasteiger partial charge in [-0.2, -0.15) is 0 Å². The number of carbonyl (C=O) groups excluding carboxylic acids is 3. The van der Waals surface area contributed by atoms with Crippen LogP contribution in [-0.2, 0) is 23.9 Å². The average Bonchev–Trinajstić information content (AvgIpc) is 3.18. The molecule has 0 bridgehead atoms. The number of ether oxygens (including phenoxy) is 2. The van der Waals surface area contributed by atoms with Crippen molar-refractivity contribution < 1.29 is 29.0 Å². The van der Waals surface area contributed by atoms with Crippen LogP contribution in [0, 0.1) is 11.8 Å². The molecule has 1 N–H and O–H groups in total. The number of nitrogens with zero attached hydrogens (tertiary/aromatic N) is 2. The molecule has 2 saturated heterocycles. The van der Waals surface area contributed by atoms with Gasteiger partial charge in [0.2, 0.25) is 5.91 Å². The summed E-state index contributed by atoms with van der Waals surface area (Å²) in [5.74, 6) is -2.95. The van der Waals surface area contributed by atoms with Crippen LogP contribution >= 0.6 is 11.6 Å². The lowest BCUT2D eigenvalue weighted by Crippen LogP contribution is -2.56. The third kappa shape index (κ3) is 3.96. The Morgan fingerprint density at radius 3 is 2.58 bits per heavy atom. The minimum Gasteiger partial charge on any atom is -0.465 e. The van der Waals surface area contributed by atoms with Gasteiger partial charge in [-0.1, -0.05) is 35.9 Å². The number of allylic oxidation sites excluding steroid dienone is 1. The Labute approximate surface area is 215 Å². The first-order valence-corrected chi connectivity index (χ1v) is 12.9. The Kier molecular flexibility index (Phi) is 6.70. The van der Waals surface area contributed by atoms with Crippen molar-refractivity contribution in [1.29, 1.82) is 0 Å². The fourth-order valence-corrected chi connectivity index (χ4v) is 6.26. The molecule has 0 radical (unpaired) electrons. The normalized spacial score (nSPS) is 35.1. The third-order valence-corrected chi connectivity index (χ3v) is 7.95. The Bertz CT molecular complexity index is 1100. The SMILES string of the molecule is C[C@]12/C=C\CCCCOC(=O)[C@H]1[C@H]1C(=O)N(CCCO)C3C(=O)N(c4ccc(Cl)cc4)CC=C[C@@]31O2. The number of halogens is 1. The minimum absolute atomic E-state index is 0.133. The van der Waals surface area contributed by atoms with Gasteiger partial charge in [-0.05, 0) is 56.9 Å².